The molecule has 0 N–H and O–H groups in total. The molecule has 8 heteroatoms. The molecule has 3 aromatic carbocycles. The van der Waals surface area contributed by atoms with E-state index in [2.05, 4.69) is 26.9 Å². The van der Waals surface area contributed by atoms with Gasteiger partial charge in [0, 0.05) is 28.8 Å². The van der Waals surface area contributed by atoms with Gasteiger partial charge < -0.3 is 9.15 Å². The summed E-state index contributed by atoms with van der Waals surface area (Å²) in [6, 6.07) is 24.7. The number of thioether (sulfide) groups is 1. The lowest BCUT2D eigenvalue weighted by Crippen LogP contribution is -2.05. The van der Waals surface area contributed by atoms with E-state index in [9.17, 15) is 4.79 Å². The molecule has 5 aromatic rings. The molecular weight excluding hydrogens is 470 g/mol. The first kappa shape index (κ1) is 22.3. The Morgan fingerprint density at radius 3 is 2.59 bits per heavy atom. The van der Waals surface area contributed by atoms with Crippen LogP contribution in [0, 0.1) is 0 Å². The lowest BCUT2D eigenvalue weighted by Gasteiger charge is -2.12. The maximum atomic E-state index is 12.2. The van der Waals surface area contributed by atoms with Gasteiger partial charge in [0.25, 0.3) is 0 Å². The van der Waals surface area contributed by atoms with Crippen molar-refractivity contribution in [2.24, 2.45) is 0 Å². The molecule has 6 nitrogen and oxygen atoms in total. The minimum atomic E-state index is -0.404. The van der Waals surface area contributed by atoms with Gasteiger partial charge in [0.15, 0.2) is 11.0 Å². The highest BCUT2D eigenvalue weighted by atomic mass is 35.5. The summed E-state index contributed by atoms with van der Waals surface area (Å²) < 4.78 is 12.7. The van der Waals surface area contributed by atoms with Crippen molar-refractivity contribution in [3.8, 4) is 17.1 Å². The molecule has 170 valence electrons. The lowest BCUT2D eigenvalue weighted by molar-refractivity contribution is 0.414. The zero-order valence-electron chi connectivity index (χ0n) is 18.3. The zero-order chi connectivity index (χ0) is 23.5. The molecule has 0 spiro atoms. The van der Waals surface area contributed by atoms with Crippen molar-refractivity contribution in [1.29, 1.82) is 0 Å². The Balaban J connectivity index is 1.52. The Bertz CT molecular complexity index is 1520. The zero-order valence-corrected chi connectivity index (χ0v) is 19.8. The molecule has 2 heterocycles. The molecule has 0 aliphatic heterocycles. The van der Waals surface area contributed by atoms with Crippen LogP contribution >= 0.6 is 23.4 Å². The molecule has 5 rings (SSSR count). The van der Waals surface area contributed by atoms with Crippen molar-refractivity contribution in [3.05, 3.63) is 105 Å². The SMILES string of the molecule is COc1ccc2c(CSc3nnc(-c4ccccc4Cl)n3Cc3ccccc3)cc(=O)oc2c1. The number of methoxy groups -OCH3 is 1. The predicted molar refractivity (Wildman–Crippen MR) is 135 cm³/mol. The van der Waals surface area contributed by atoms with Gasteiger partial charge in [-0.15, -0.1) is 10.2 Å². The number of hydrogen-bond acceptors (Lipinski definition) is 6. The first-order chi connectivity index (χ1) is 16.6. The summed E-state index contributed by atoms with van der Waals surface area (Å²) in [4.78, 5) is 12.2. The fourth-order valence-electron chi connectivity index (χ4n) is 3.74. The average molecular weight is 490 g/mol. The Hall–Kier alpha value is -3.55. The smallest absolute Gasteiger partial charge is 0.336 e. The van der Waals surface area contributed by atoms with Gasteiger partial charge in [-0.2, -0.15) is 0 Å². The van der Waals surface area contributed by atoms with Crippen molar-refractivity contribution < 1.29 is 9.15 Å². The Labute approximate surface area is 205 Å². The number of benzene rings is 3. The molecule has 0 bridgehead atoms. The van der Waals surface area contributed by atoms with Crippen molar-refractivity contribution >= 4 is 34.3 Å². The second-order valence-electron chi connectivity index (χ2n) is 7.60. The molecule has 0 atom stereocenters. The molecule has 0 fully saturated rings. The largest absolute Gasteiger partial charge is 0.497 e. The van der Waals surface area contributed by atoms with Crippen LogP contribution in [0.25, 0.3) is 22.4 Å². The molecule has 0 amide bonds. The third kappa shape index (κ3) is 4.58. The summed E-state index contributed by atoms with van der Waals surface area (Å²) in [5, 5.41) is 11.1. The van der Waals surface area contributed by atoms with Crippen LogP contribution in [-0.4, -0.2) is 21.9 Å². The Morgan fingerprint density at radius 1 is 1.00 bits per heavy atom. The van der Waals surface area contributed by atoms with Gasteiger partial charge in [0.05, 0.1) is 18.7 Å². The van der Waals surface area contributed by atoms with Crippen LogP contribution in [0.2, 0.25) is 5.02 Å². The van der Waals surface area contributed by atoms with Gasteiger partial charge in [-0.3, -0.25) is 4.57 Å². The van der Waals surface area contributed by atoms with Gasteiger partial charge in [0.2, 0.25) is 0 Å². The number of hydrogen-bond donors (Lipinski definition) is 0. The summed E-state index contributed by atoms with van der Waals surface area (Å²) in [6.07, 6.45) is 0. The molecule has 0 radical (unpaired) electrons. The highest BCUT2D eigenvalue weighted by Crippen LogP contribution is 2.32. The number of fused-ring (bicyclic) bond motifs is 1. The van der Waals surface area contributed by atoms with Gasteiger partial charge in [0.1, 0.15) is 11.3 Å². The van der Waals surface area contributed by atoms with Crippen LogP contribution in [0.3, 0.4) is 0 Å². The standard InChI is InChI=1S/C26H20ClN3O3S/c1-32-19-11-12-20-18(13-24(31)33-23(20)14-19)16-34-26-29-28-25(21-9-5-6-10-22(21)27)30(26)15-17-7-3-2-4-8-17/h2-14H,15-16H2,1H3. The van der Waals surface area contributed by atoms with E-state index in [0.717, 1.165) is 27.2 Å². The van der Waals surface area contributed by atoms with E-state index >= 15 is 0 Å². The molecular formula is C26H20ClN3O3S. The summed E-state index contributed by atoms with van der Waals surface area (Å²) in [6.45, 7) is 0.589. The fraction of sp³-hybridized carbons (Fsp3) is 0.115. The lowest BCUT2D eigenvalue weighted by atomic mass is 10.1. The highest BCUT2D eigenvalue weighted by molar-refractivity contribution is 7.98. The molecule has 34 heavy (non-hydrogen) atoms. The number of rotatable bonds is 7. The van der Waals surface area contributed by atoms with Crippen LogP contribution in [0.15, 0.2) is 93.2 Å². The molecule has 0 unspecified atom stereocenters. The molecule has 0 aliphatic carbocycles. The van der Waals surface area contributed by atoms with Gasteiger partial charge in [-0.05, 0) is 35.4 Å². The number of nitrogens with zero attached hydrogens (tertiary/aromatic N) is 3. The second-order valence-corrected chi connectivity index (χ2v) is 8.95. The van der Waals surface area contributed by atoms with E-state index in [1.54, 1.807) is 13.2 Å². The molecule has 0 aliphatic rings. The van der Waals surface area contributed by atoms with Crippen LogP contribution < -0.4 is 10.4 Å². The number of ether oxygens (including phenoxy) is 1. The van der Waals surface area contributed by atoms with E-state index in [4.69, 9.17) is 20.8 Å². The maximum Gasteiger partial charge on any atom is 0.336 e. The van der Waals surface area contributed by atoms with E-state index in [1.807, 2.05) is 54.6 Å². The fourth-order valence-corrected chi connectivity index (χ4v) is 4.89. The van der Waals surface area contributed by atoms with E-state index in [-0.39, 0.29) is 0 Å². The first-order valence-electron chi connectivity index (χ1n) is 10.6. The van der Waals surface area contributed by atoms with Crippen molar-refractivity contribution in [2.45, 2.75) is 17.5 Å². The van der Waals surface area contributed by atoms with Gasteiger partial charge in [-0.1, -0.05) is 65.8 Å². The minimum absolute atomic E-state index is 0.404. The summed E-state index contributed by atoms with van der Waals surface area (Å²) in [5.41, 5.74) is 2.88. The van der Waals surface area contributed by atoms with Crippen LogP contribution in [-0.2, 0) is 12.3 Å². The Kier molecular flexibility index (Phi) is 6.38. The minimum Gasteiger partial charge on any atom is -0.497 e. The molecule has 0 saturated heterocycles. The summed E-state index contributed by atoms with van der Waals surface area (Å²) in [7, 11) is 1.58. The van der Waals surface area contributed by atoms with E-state index in [1.165, 1.54) is 17.8 Å². The normalized spacial score (nSPS) is 11.1. The Morgan fingerprint density at radius 2 is 1.79 bits per heavy atom. The monoisotopic (exact) mass is 489 g/mol. The third-order valence-corrected chi connectivity index (χ3v) is 6.75. The highest BCUT2D eigenvalue weighted by Gasteiger charge is 2.18. The van der Waals surface area contributed by atoms with Gasteiger partial charge in [-0.25, -0.2) is 4.79 Å². The first-order valence-corrected chi connectivity index (χ1v) is 11.9. The third-order valence-electron chi connectivity index (χ3n) is 5.41. The maximum absolute atomic E-state index is 12.2. The van der Waals surface area contributed by atoms with Crippen molar-refractivity contribution in [1.82, 2.24) is 14.8 Å². The van der Waals surface area contributed by atoms with Gasteiger partial charge >= 0.3 is 5.63 Å². The summed E-state index contributed by atoms with van der Waals surface area (Å²) in [5.74, 6) is 1.84. The topological polar surface area (TPSA) is 70.2 Å². The predicted octanol–water partition coefficient (Wildman–Crippen LogP) is 6.05. The molecule has 0 saturated carbocycles. The van der Waals surface area contributed by atoms with E-state index in [0.29, 0.717) is 34.5 Å². The second kappa shape index (κ2) is 9.75. The number of aromatic nitrogens is 3. The quantitative estimate of drug-likeness (QED) is 0.204. The van der Waals surface area contributed by atoms with Crippen LogP contribution in [0.4, 0.5) is 0 Å². The molecule has 2 aromatic heterocycles. The van der Waals surface area contributed by atoms with Crippen molar-refractivity contribution in [2.75, 3.05) is 7.11 Å². The average Bonchev–Trinajstić information content (AvgIpc) is 3.24. The van der Waals surface area contributed by atoms with Crippen LogP contribution in [0.5, 0.6) is 5.75 Å². The van der Waals surface area contributed by atoms with E-state index < -0.39 is 5.63 Å². The van der Waals surface area contributed by atoms with Crippen LogP contribution in [0.1, 0.15) is 11.1 Å². The van der Waals surface area contributed by atoms with Crippen molar-refractivity contribution in [3.63, 3.8) is 0 Å². The summed E-state index contributed by atoms with van der Waals surface area (Å²) >= 11 is 7.99. The number of halogens is 1.